The lowest BCUT2D eigenvalue weighted by Crippen LogP contribution is -2.26. The van der Waals surface area contributed by atoms with Gasteiger partial charge in [0.1, 0.15) is 0 Å². The summed E-state index contributed by atoms with van der Waals surface area (Å²) in [4.78, 5) is 30.8. The average molecular weight is 388 g/mol. The Hall–Kier alpha value is -2.25. The van der Waals surface area contributed by atoms with E-state index in [1.54, 1.807) is 37.3 Å². The molecule has 1 saturated heterocycles. The minimum atomic E-state index is -0.277. The lowest BCUT2D eigenvalue weighted by Gasteiger charge is -2.26. The summed E-state index contributed by atoms with van der Waals surface area (Å²) in [5.41, 5.74) is 1.54. The third-order valence-electron chi connectivity index (χ3n) is 4.86. The Morgan fingerprint density at radius 3 is 2.56 bits per heavy atom. The van der Waals surface area contributed by atoms with E-state index in [0.717, 1.165) is 38.0 Å². The van der Waals surface area contributed by atoms with Gasteiger partial charge in [-0.05, 0) is 42.9 Å². The van der Waals surface area contributed by atoms with Crippen LogP contribution in [-0.4, -0.2) is 49.0 Å². The van der Waals surface area contributed by atoms with E-state index in [2.05, 4.69) is 10.3 Å². The van der Waals surface area contributed by atoms with E-state index in [1.807, 2.05) is 17.5 Å². The van der Waals surface area contributed by atoms with Crippen LogP contribution in [0.4, 0.5) is 5.13 Å². The Balaban J connectivity index is 1.79. The van der Waals surface area contributed by atoms with Crippen LogP contribution in [0, 0.1) is 5.92 Å². The van der Waals surface area contributed by atoms with Crippen molar-refractivity contribution in [3.05, 3.63) is 47.0 Å². The normalized spacial score (nSPS) is 15.9. The summed E-state index contributed by atoms with van der Waals surface area (Å²) in [6.45, 7) is 1.50. The zero-order valence-electron chi connectivity index (χ0n) is 15.7. The number of amides is 2. The molecule has 0 spiro atoms. The van der Waals surface area contributed by atoms with Crippen molar-refractivity contribution < 1.29 is 14.3 Å². The van der Waals surface area contributed by atoms with Crippen LogP contribution in [0.3, 0.4) is 0 Å². The number of aromatic nitrogens is 1. The maximum Gasteiger partial charge on any atom is 0.253 e. The van der Waals surface area contributed by atoms with Gasteiger partial charge in [-0.15, -0.1) is 11.3 Å². The van der Waals surface area contributed by atoms with Gasteiger partial charge < -0.3 is 15.0 Å². The van der Waals surface area contributed by atoms with E-state index in [0.29, 0.717) is 16.6 Å². The molecule has 2 aromatic rings. The van der Waals surface area contributed by atoms with Crippen LogP contribution in [0.1, 0.15) is 41.1 Å². The Kier molecular flexibility index (Phi) is 6.58. The minimum Gasteiger partial charge on any atom is -0.381 e. The maximum absolute atomic E-state index is 13.0. The molecule has 7 heteroatoms. The van der Waals surface area contributed by atoms with E-state index >= 15 is 0 Å². The first-order chi connectivity index (χ1) is 13.0. The van der Waals surface area contributed by atoms with Gasteiger partial charge in [-0.25, -0.2) is 4.98 Å². The van der Waals surface area contributed by atoms with Crippen molar-refractivity contribution in [2.75, 3.05) is 32.6 Å². The molecule has 3 rings (SSSR count). The Bertz CT molecular complexity index is 753. The monoisotopic (exact) mass is 387 g/mol. The van der Waals surface area contributed by atoms with Crippen molar-refractivity contribution in [3.8, 4) is 0 Å². The number of ether oxygens (including phenoxy) is 1. The first-order valence-corrected chi connectivity index (χ1v) is 10.0. The lowest BCUT2D eigenvalue weighted by atomic mass is 9.84. The fraction of sp³-hybridized carbons (Fsp3) is 0.450. The maximum atomic E-state index is 13.0. The molecule has 1 aromatic heterocycles. The van der Waals surface area contributed by atoms with Gasteiger partial charge in [0.05, 0.1) is 5.92 Å². The number of nitrogens with one attached hydrogen (secondary N) is 1. The standard InChI is InChI=1S/C20H25N3O3S/c1-23(2)19(25)16-5-3-15(4-6-16)17(13-14-7-10-26-11-8-14)18(24)22-20-21-9-12-27-20/h3-6,9,12,14,17H,7-8,10-11,13H2,1-2H3,(H,21,22,24). The van der Waals surface area contributed by atoms with Crippen LogP contribution in [0.15, 0.2) is 35.8 Å². The summed E-state index contributed by atoms with van der Waals surface area (Å²) in [6, 6.07) is 7.38. The minimum absolute atomic E-state index is 0.0465. The van der Waals surface area contributed by atoms with Gasteiger partial charge in [-0.3, -0.25) is 9.59 Å². The Labute approximate surface area is 163 Å². The van der Waals surface area contributed by atoms with Gasteiger partial charge in [0.2, 0.25) is 5.91 Å². The molecule has 0 radical (unpaired) electrons. The molecule has 1 aromatic carbocycles. The summed E-state index contributed by atoms with van der Waals surface area (Å²) in [5.74, 6) is 0.0762. The van der Waals surface area contributed by atoms with Crippen LogP contribution in [0.2, 0.25) is 0 Å². The highest BCUT2D eigenvalue weighted by molar-refractivity contribution is 7.13. The zero-order valence-corrected chi connectivity index (χ0v) is 16.5. The highest BCUT2D eigenvalue weighted by atomic mass is 32.1. The number of anilines is 1. The number of rotatable bonds is 6. The molecule has 2 heterocycles. The fourth-order valence-electron chi connectivity index (χ4n) is 3.30. The molecule has 1 atom stereocenters. The Morgan fingerprint density at radius 1 is 1.26 bits per heavy atom. The molecule has 0 bridgehead atoms. The molecule has 2 amide bonds. The highest BCUT2D eigenvalue weighted by Crippen LogP contribution is 2.31. The molecule has 1 N–H and O–H groups in total. The number of carbonyl (C=O) groups excluding carboxylic acids is 2. The van der Waals surface area contributed by atoms with Gasteiger partial charge >= 0.3 is 0 Å². The summed E-state index contributed by atoms with van der Waals surface area (Å²) >= 11 is 1.41. The highest BCUT2D eigenvalue weighted by Gasteiger charge is 2.27. The number of nitrogens with zero attached hydrogens (tertiary/aromatic N) is 2. The smallest absolute Gasteiger partial charge is 0.253 e. The first-order valence-electron chi connectivity index (χ1n) is 9.14. The zero-order chi connectivity index (χ0) is 19.2. The number of hydrogen-bond acceptors (Lipinski definition) is 5. The summed E-state index contributed by atoms with van der Waals surface area (Å²) in [6.07, 6.45) is 4.38. The van der Waals surface area contributed by atoms with E-state index in [1.165, 1.54) is 11.3 Å². The van der Waals surface area contributed by atoms with Crippen LogP contribution >= 0.6 is 11.3 Å². The second kappa shape index (κ2) is 9.10. The van der Waals surface area contributed by atoms with Crippen LogP contribution in [0.5, 0.6) is 0 Å². The second-order valence-electron chi connectivity index (χ2n) is 6.99. The molecule has 1 fully saturated rings. The van der Waals surface area contributed by atoms with Crippen LogP contribution < -0.4 is 5.32 Å². The summed E-state index contributed by atoms with van der Waals surface area (Å²) in [7, 11) is 3.46. The molecule has 1 aliphatic heterocycles. The van der Waals surface area contributed by atoms with Gasteiger partial charge in [-0.2, -0.15) is 0 Å². The van der Waals surface area contributed by atoms with Crippen molar-refractivity contribution in [1.82, 2.24) is 9.88 Å². The van der Waals surface area contributed by atoms with Gasteiger partial charge in [0.15, 0.2) is 5.13 Å². The first kappa shape index (κ1) is 19.5. The van der Waals surface area contributed by atoms with Crippen molar-refractivity contribution >= 4 is 28.3 Å². The van der Waals surface area contributed by atoms with Crippen LogP contribution in [-0.2, 0) is 9.53 Å². The molecule has 27 heavy (non-hydrogen) atoms. The number of benzene rings is 1. The molecule has 144 valence electrons. The third kappa shape index (κ3) is 5.14. The predicted octanol–water partition coefficient (Wildman–Crippen LogP) is 3.38. The van der Waals surface area contributed by atoms with Crippen LogP contribution in [0.25, 0.3) is 0 Å². The molecule has 6 nitrogen and oxygen atoms in total. The van der Waals surface area contributed by atoms with E-state index in [9.17, 15) is 9.59 Å². The topological polar surface area (TPSA) is 71.5 Å². The Morgan fingerprint density at radius 2 is 1.96 bits per heavy atom. The molecule has 1 unspecified atom stereocenters. The summed E-state index contributed by atoms with van der Waals surface area (Å²) < 4.78 is 5.45. The lowest BCUT2D eigenvalue weighted by molar-refractivity contribution is -0.118. The third-order valence-corrected chi connectivity index (χ3v) is 5.54. The predicted molar refractivity (Wildman–Crippen MR) is 106 cm³/mol. The van der Waals surface area contributed by atoms with Crippen molar-refractivity contribution in [2.45, 2.75) is 25.2 Å². The quantitative estimate of drug-likeness (QED) is 0.825. The number of thiazole rings is 1. The molecule has 0 saturated carbocycles. The second-order valence-corrected chi connectivity index (χ2v) is 7.89. The van der Waals surface area contributed by atoms with Crippen molar-refractivity contribution in [3.63, 3.8) is 0 Å². The molecular formula is C20H25N3O3S. The van der Waals surface area contributed by atoms with Gasteiger partial charge in [0, 0.05) is 44.4 Å². The van der Waals surface area contributed by atoms with Crippen molar-refractivity contribution in [1.29, 1.82) is 0 Å². The number of carbonyl (C=O) groups is 2. The van der Waals surface area contributed by atoms with E-state index < -0.39 is 0 Å². The van der Waals surface area contributed by atoms with E-state index in [4.69, 9.17) is 4.74 Å². The molecular weight excluding hydrogens is 362 g/mol. The van der Waals surface area contributed by atoms with E-state index in [-0.39, 0.29) is 17.7 Å². The summed E-state index contributed by atoms with van der Waals surface area (Å²) in [5, 5.41) is 5.37. The van der Waals surface area contributed by atoms with Gasteiger partial charge in [0.25, 0.3) is 5.91 Å². The fourth-order valence-corrected chi connectivity index (χ4v) is 3.84. The average Bonchev–Trinajstić information content (AvgIpc) is 3.19. The van der Waals surface area contributed by atoms with Gasteiger partial charge in [-0.1, -0.05) is 12.1 Å². The SMILES string of the molecule is CN(C)C(=O)c1ccc(C(CC2CCOCC2)C(=O)Nc2nccs2)cc1. The molecule has 1 aliphatic rings. The van der Waals surface area contributed by atoms with Crippen molar-refractivity contribution in [2.24, 2.45) is 5.92 Å². The molecule has 0 aliphatic carbocycles. The number of hydrogen-bond donors (Lipinski definition) is 1. The largest absolute Gasteiger partial charge is 0.381 e.